The second-order valence-electron chi connectivity index (χ2n) is 5.38. The van der Waals surface area contributed by atoms with E-state index in [2.05, 4.69) is 23.5 Å². The largest absolute Gasteiger partial charge is 0.456 e. The van der Waals surface area contributed by atoms with Gasteiger partial charge in [-0.15, -0.1) is 0 Å². The third kappa shape index (κ3) is 1.78. The molecular weight excluding hydrogens is 236 g/mol. The Bertz CT molecular complexity index is 741. The molecular formula is C16H16N2O. The molecule has 3 nitrogen and oxygen atoms in total. The van der Waals surface area contributed by atoms with E-state index < -0.39 is 0 Å². The minimum atomic E-state index is 0.371. The lowest BCUT2D eigenvalue weighted by atomic mass is 9.87. The van der Waals surface area contributed by atoms with E-state index in [1.165, 1.54) is 10.8 Å². The van der Waals surface area contributed by atoms with Crippen molar-refractivity contribution in [2.45, 2.75) is 24.9 Å². The zero-order valence-electron chi connectivity index (χ0n) is 10.6. The van der Waals surface area contributed by atoms with E-state index in [4.69, 9.17) is 10.2 Å². The van der Waals surface area contributed by atoms with Gasteiger partial charge in [-0.2, -0.15) is 0 Å². The van der Waals surface area contributed by atoms with Crippen LogP contribution in [0.2, 0.25) is 0 Å². The van der Waals surface area contributed by atoms with E-state index in [1.54, 1.807) is 0 Å². The highest BCUT2D eigenvalue weighted by molar-refractivity contribution is 6.05. The monoisotopic (exact) mass is 252 g/mol. The Kier molecular flexibility index (Phi) is 2.29. The highest BCUT2D eigenvalue weighted by Crippen LogP contribution is 2.31. The van der Waals surface area contributed by atoms with Crippen LogP contribution in [0, 0.1) is 0 Å². The first-order chi connectivity index (χ1) is 9.29. The first kappa shape index (κ1) is 10.9. The van der Waals surface area contributed by atoms with Gasteiger partial charge in [0.15, 0.2) is 0 Å². The number of anilines is 1. The Balaban J connectivity index is 1.75. The highest BCUT2D eigenvalue weighted by Gasteiger charge is 2.25. The van der Waals surface area contributed by atoms with Crippen LogP contribution >= 0.6 is 0 Å². The fourth-order valence-electron chi connectivity index (χ4n) is 2.83. The molecule has 1 aromatic heterocycles. The predicted molar refractivity (Wildman–Crippen MR) is 78.3 cm³/mol. The van der Waals surface area contributed by atoms with Crippen molar-refractivity contribution in [2.75, 3.05) is 5.32 Å². The summed E-state index contributed by atoms with van der Waals surface area (Å²) in [5.41, 5.74) is 8.85. The lowest BCUT2D eigenvalue weighted by Gasteiger charge is -2.33. The van der Waals surface area contributed by atoms with Crippen molar-refractivity contribution in [3.05, 3.63) is 42.5 Å². The van der Waals surface area contributed by atoms with Gasteiger partial charge in [0.1, 0.15) is 11.2 Å². The van der Waals surface area contributed by atoms with Gasteiger partial charge in [0.05, 0.1) is 0 Å². The standard InChI is InChI=1S/C16H16N2O/c17-10-7-12(8-10)18-11-5-6-16-14(9-11)13-3-1-2-4-15(13)19-16/h1-6,9-10,12,18H,7-8,17H2. The molecule has 3 N–H and O–H groups in total. The molecule has 1 saturated carbocycles. The number of fused-ring (bicyclic) bond motifs is 3. The molecule has 96 valence electrons. The molecule has 2 aromatic carbocycles. The maximum atomic E-state index is 5.82. The molecule has 0 spiro atoms. The number of furan rings is 1. The van der Waals surface area contributed by atoms with E-state index in [-0.39, 0.29) is 0 Å². The molecule has 4 rings (SSSR count). The third-order valence-electron chi connectivity index (χ3n) is 3.92. The summed E-state index contributed by atoms with van der Waals surface area (Å²) < 4.78 is 5.82. The van der Waals surface area contributed by atoms with Gasteiger partial charge < -0.3 is 15.5 Å². The number of rotatable bonds is 2. The normalized spacial score (nSPS) is 22.6. The Hall–Kier alpha value is -2.00. The molecule has 1 aliphatic carbocycles. The number of nitrogens with two attached hydrogens (primary N) is 1. The van der Waals surface area contributed by atoms with E-state index in [0.29, 0.717) is 12.1 Å². The Labute approximate surface area is 111 Å². The van der Waals surface area contributed by atoms with E-state index in [1.807, 2.05) is 24.3 Å². The SMILES string of the molecule is NC1CC(Nc2ccc3oc4ccccc4c3c2)C1. The molecule has 3 aromatic rings. The molecule has 1 heterocycles. The Morgan fingerprint density at radius 1 is 1.00 bits per heavy atom. The number of hydrogen-bond donors (Lipinski definition) is 2. The molecule has 0 bridgehead atoms. The van der Waals surface area contributed by atoms with Crippen LogP contribution in [0.3, 0.4) is 0 Å². The minimum Gasteiger partial charge on any atom is -0.456 e. The maximum absolute atomic E-state index is 5.82. The van der Waals surface area contributed by atoms with Gasteiger partial charge in [-0.25, -0.2) is 0 Å². The summed E-state index contributed by atoms with van der Waals surface area (Å²) in [6.45, 7) is 0. The van der Waals surface area contributed by atoms with Crippen LogP contribution in [0.1, 0.15) is 12.8 Å². The number of nitrogens with one attached hydrogen (secondary N) is 1. The first-order valence-corrected chi connectivity index (χ1v) is 6.73. The van der Waals surface area contributed by atoms with Crippen molar-refractivity contribution in [3.63, 3.8) is 0 Å². The smallest absolute Gasteiger partial charge is 0.135 e. The van der Waals surface area contributed by atoms with Crippen molar-refractivity contribution in [1.29, 1.82) is 0 Å². The fourth-order valence-corrected chi connectivity index (χ4v) is 2.83. The first-order valence-electron chi connectivity index (χ1n) is 6.73. The minimum absolute atomic E-state index is 0.371. The van der Waals surface area contributed by atoms with Crippen LogP contribution in [0.25, 0.3) is 21.9 Å². The quantitative estimate of drug-likeness (QED) is 0.734. The molecule has 19 heavy (non-hydrogen) atoms. The van der Waals surface area contributed by atoms with E-state index in [9.17, 15) is 0 Å². The molecule has 1 fully saturated rings. The number of hydrogen-bond acceptors (Lipinski definition) is 3. The van der Waals surface area contributed by atoms with Gasteiger partial charge >= 0.3 is 0 Å². The average molecular weight is 252 g/mol. The number of benzene rings is 2. The topological polar surface area (TPSA) is 51.2 Å². The Morgan fingerprint density at radius 3 is 2.63 bits per heavy atom. The van der Waals surface area contributed by atoms with Crippen LogP contribution in [0.4, 0.5) is 5.69 Å². The van der Waals surface area contributed by atoms with Crippen molar-refractivity contribution < 1.29 is 4.42 Å². The molecule has 0 atom stereocenters. The summed E-state index contributed by atoms with van der Waals surface area (Å²) in [5.74, 6) is 0. The summed E-state index contributed by atoms with van der Waals surface area (Å²) in [5, 5.41) is 5.88. The van der Waals surface area contributed by atoms with Gasteiger partial charge in [0.25, 0.3) is 0 Å². The molecule has 0 radical (unpaired) electrons. The maximum Gasteiger partial charge on any atom is 0.135 e. The third-order valence-corrected chi connectivity index (χ3v) is 3.92. The summed E-state index contributed by atoms with van der Waals surface area (Å²) in [6, 6.07) is 15.3. The summed E-state index contributed by atoms with van der Waals surface area (Å²) in [6.07, 6.45) is 2.12. The van der Waals surface area contributed by atoms with Crippen LogP contribution < -0.4 is 11.1 Å². The van der Waals surface area contributed by atoms with E-state index in [0.717, 1.165) is 29.7 Å². The average Bonchev–Trinajstić information content (AvgIpc) is 2.75. The van der Waals surface area contributed by atoms with Crippen molar-refractivity contribution in [2.24, 2.45) is 5.73 Å². The summed E-state index contributed by atoms with van der Waals surface area (Å²) in [7, 11) is 0. The zero-order valence-corrected chi connectivity index (χ0v) is 10.6. The summed E-state index contributed by atoms with van der Waals surface area (Å²) >= 11 is 0. The van der Waals surface area contributed by atoms with Gasteiger partial charge in [-0.3, -0.25) is 0 Å². The van der Waals surface area contributed by atoms with Crippen molar-refractivity contribution in [1.82, 2.24) is 0 Å². The molecule has 0 amide bonds. The van der Waals surface area contributed by atoms with Crippen LogP contribution in [-0.4, -0.2) is 12.1 Å². The summed E-state index contributed by atoms with van der Waals surface area (Å²) in [4.78, 5) is 0. The molecule has 1 aliphatic rings. The van der Waals surface area contributed by atoms with Crippen LogP contribution in [0.15, 0.2) is 46.9 Å². The van der Waals surface area contributed by atoms with Crippen molar-refractivity contribution >= 4 is 27.6 Å². The second kappa shape index (κ2) is 4.00. The predicted octanol–water partition coefficient (Wildman–Crippen LogP) is 3.49. The van der Waals surface area contributed by atoms with Crippen molar-refractivity contribution in [3.8, 4) is 0 Å². The fraction of sp³-hybridized carbons (Fsp3) is 0.250. The molecule has 0 saturated heterocycles. The molecule has 0 unspecified atom stereocenters. The molecule has 0 aliphatic heterocycles. The Morgan fingerprint density at radius 2 is 1.79 bits per heavy atom. The van der Waals surface area contributed by atoms with Gasteiger partial charge in [0, 0.05) is 28.5 Å². The zero-order chi connectivity index (χ0) is 12.8. The molecule has 3 heteroatoms. The van der Waals surface area contributed by atoms with Gasteiger partial charge in [-0.05, 0) is 37.1 Å². The second-order valence-corrected chi connectivity index (χ2v) is 5.38. The van der Waals surface area contributed by atoms with Crippen LogP contribution in [-0.2, 0) is 0 Å². The van der Waals surface area contributed by atoms with Gasteiger partial charge in [0.2, 0.25) is 0 Å². The lowest BCUT2D eigenvalue weighted by Crippen LogP contribution is -2.44. The van der Waals surface area contributed by atoms with E-state index >= 15 is 0 Å². The number of para-hydroxylation sites is 1. The van der Waals surface area contributed by atoms with Gasteiger partial charge in [-0.1, -0.05) is 18.2 Å². The van der Waals surface area contributed by atoms with Crippen LogP contribution in [0.5, 0.6) is 0 Å². The highest BCUT2D eigenvalue weighted by atomic mass is 16.3. The lowest BCUT2D eigenvalue weighted by molar-refractivity contribution is 0.374.